The van der Waals surface area contributed by atoms with Crippen LogP contribution >= 0.6 is 35.3 Å². The van der Waals surface area contributed by atoms with Crippen LogP contribution in [0.2, 0.25) is 0 Å². The van der Waals surface area contributed by atoms with Gasteiger partial charge in [-0.3, -0.25) is 4.99 Å². The molecule has 0 aliphatic carbocycles. The van der Waals surface area contributed by atoms with Crippen molar-refractivity contribution in [3.63, 3.8) is 0 Å². The van der Waals surface area contributed by atoms with E-state index in [9.17, 15) is 0 Å². The Balaban J connectivity index is 0.00000364. The highest BCUT2D eigenvalue weighted by atomic mass is 127. The molecule has 2 rings (SSSR count). The number of nitrogens with zero attached hydrogens (tertiary/aromatic N) is 2. The number of hydrogen-bond acceptors (Lipinski definition) is 4. The fourth-order valence-corrected chi connectivity index (χ4v) is 3.55. The molecule has 2 aromatic rings. The Morgan fingerprint density at radius 2 is 1.81 bits per heavy atom. The first-order valence-corrected chi connectivity index (χ1v) is 9.71. The minimum Gasteiger partial charge on any atom is -0.497 e. The summed E-state index contributed by atoms with van der Waals surface area (Å²) in [5, 5.41) is 9.00. The smallest absolute Gasteiger partial charge is 0.191 e. The number of aliphatic imine (C=N–C) groups is 1. The average Bonchev–Trinajstić information content (AvgIpc) is 3.19. The average molecular weight is 502 g/mol. The van der Waals surface area contributed by atoms with Crippen molar-refractivity contribution < 1.29 is 4.74 Å². The van der Waals surface area contributed by atoms with Gasteiger partial charge < -0.3 is 20.3 Å². The fraction of sp³-hybridized carbons (Fsp3) is 0.450. The number of methoxy groups -OCH3 is 1. The van der Waals surface area contributed by atoms with Crippen molar-refractivity contribution in [2.45, 2.75) is 18.9 Å². The number of guanidine groups is 1. The molecule has 0 radical (unpaired) electrons. The van der Waals surface area contributed by atoms with E-state index in [1.165, 1.54) is 10.4 Å². The van der Waals surface area contributed by atoms with Gasteiger partial charge in [0.2, 0.25) is 0 Å². The van der Waals surface area contributed by atoms with Crippen LogP contribution in [0.5, 0.6) is 5.75 Å². The van der Waals surface area contributed by atoms with Gasteiger partial charge in [-0.15, -0.1) is 35.3 Å². The van der Waals surface area contributed by atoms with Crippen molar-refractivity contribution in [2.24, 2.45) is 4.99 Å². The van der Waals surface area contributed by atoms with Gasteiger partial charge in [0.05, 0.1) is 13.2 Å². The predicted molar refractivity (Wildman–Crippen MR) is 127 cm³/mol. The van der Waals surface area contributed by atoms with Gasteiger partial charge in [0, 0.05) is 30.9 Å². The zero-order chi connectivity index (χ0) is 18.9. The standard InChI is InChI=1S/C20H30N4OS.HI/c1-15(19-7-6-12-26-19)13-22-20(21-2)23-14-18(24(3)4)16-8-10-17(25-5)11-9-16;/h6-12,15,18H,13-14H2,1-5H3,(H2,21,22,23);1H. The van der Waals surface area contributed by atoms with Gasteiger partial charge >= 0.3 is 0 Å². The van der Waals surface area contributed by atoms with Gasteiger partial charge in [-0.05, 0) is 43.2 Å². The molecule has 1 aromatic heterocycles. The van der Waals surface area contributed by atoms with E-state index >= 15 is 0 Å². The van der Waals surface area contributed by atoms with E-state index in [-0.39, 0.29) is 30.0 Å². The van der Waals surface area contributed by atoms with Crippen LogP contribution < -0.4 is 15.4 Å². The van der Waals surface area contributed by atoms with Gasteiger partial charge in [-0.25, -0.2) is 0 Å². The topological polar surface area (TPSA) is 48.9 Å². The van der Waals surface area contributed by atoms with Gasteiger partial charge in [-0.1, -0.05) is 25.1 Å². The number of thiophene rings is 1. The van der Waals surface area contributed by atoms with Gasteiger partial charge in [0.1, 0.15) is 5.75 Å². The SMILES string of the molecule is CN=C(NCC(C)c1cccs1)NCC(c1ccc(OC)cc1)N(C)C.I. The molecule has 0 saturated heterocycles. The zero-order valence-corrected chi connectivity index (χ0v) is 19.9. The summed E-state index contributed by atoms with van der Waals surface area (Å²) in [4.78, 5) is 7.94. The van der Waals surface area contributed by atoms with Crippen LogP contribution in [-0.2, 0) is 0 Å². The maximum atomic E-state index is 5.25. The van der Waals surface area contributed by atoms with E-state index in [4.69, 9.17) is 4.74 Å². The van der Waals surface area contributed by atoms with Gasteiger partial charge in [0.25, 0.3) is 0 Å². The molecule has 2 atom stereocenters. The third-order valence-electron chi connectivity index (χ3n) is 4.41. The number of hydrogen-bond donors (Lipinski definition) is 2. The lowest BCUT2D eigenvalue weighted by atomic mass is 10.1. The third kappa shape index (κ3) is 7.31. The lowest BCUT2D eigenvalue weighted by Gasteiger charge is -2.26. The highest BCUT2D eigenvalue weighted by Crippen LogP contribution is 2.21. The summed E-state index contributed by atoms with van der Waals surface area (Å²) in [5.74, 6) is 2.16. The molecule has 2 N–H and O–H groups in total. The summed E-state index contributed by atoms with van der Waals surface area (Å²) in [6.45, 7) is 3.85. The summed E-state index contributed by atoms with van der Waals surface area (Å²) in [7, 11) is 7.67. The molecule has 0 saturated carbocycles. The second-order valence-corrected chi connectivity index (χ2v) is 7.48. The van der Waals surface area contributed by atoms with Crippen molar-refractivity contribution in [2.75, 3.05) is 41.3 Å². The number of likely N-dealkylation sites (N-methyl/N-ethyl adjacent to an activating group) is 1. The first kappa shape index (κ1) is 23.7. The number of nitrogens with one attached hydrogen (secondary N) is 2. The summed E-state index contributed by atoms with van der Waals surface area (Å²) < 4.78 is 5.25. The largest absolute Gasteiger partial charge is 0.497 e. The predicted octanol–water partition coefficient (Wildman–Crippen LogP) is 3.95. The Hall–Kier alpha value is -1.32. The van der Waals surface area contributed by atoms with E-state index in [2.05, 4.69) is 71.2 Å². The van der Waals surface area contributed by atoms with Crippen molar-refractivity contribution >= 4 is 41.3 Å². The van der Waals surface area contributed by atoms with Crippen LogP contribution in [0, 0.1) is 0 Å². The molecular formula is C20H31IN4OS. The highest BCUT2D eigenvalue weighted by Gasteiger charge is 2.15. The molecule has 0 spiro atoms. The molecule has 0 aliphatic heterocycles. The van der Waals surface area contributed by atoms with Crippen LogP contribution in [0.1, 0.15) is 29.3 Å². The molecule has 27 heavy (non-hydrogen) atoms. The summed E-state index contributed by atoms with van der Waals surface area (Å²) >= 11 is 1.80. The molecule has 0 bridgehead atoms. The highest BCUT2D eigenvalue weighted by molar-refractivity contribution is 14.0. The molecular weight excluding hydrogens is 471 g/mol. The lowest BCUT2D eigenvalue weighted by Crippen LogP contribution is -2.42. The summed E-state index contributed by atoms with van der Waals surface area (Å²) in [6, 6.07) is 12.7. The molecule has 1 aromatic carbocycles. The molecule has 5 nitrogen and oxygen atoms in total. The van der Waals surface area contributed by atoms with Crippen LogP contribution in [0.25, 0.3) is 0 Å². The van der Waals surface area contributed by atoms with Crippen LogP contribution in [0.4, 0.5) is 0 Å². The Morgan fingerprint density at radius 1 is 1.15 bits per heavy atom. The van der Waals surface area contributed by atoms with Crippen LogP contribution in [0.15, 0.2) is 46.8 Å². The first-order valence-electron chi connectivity index (χ1n) is 8.83. The van der Waals surface area contributed by atoms with Crippen molar-refractivity contribution in [3.8, 4) is 5.75 Å². The number of rotatable bonds is 8. The van der Waals surface area contributed by atoms with Gasteiger partial charge in [-0.2, -0.15) is 0 Å². The summed E-state index contributed by atoms with van der Waals surface area (Å²) in [5.41, 5.74) is 1.24. The Labute approximate surface area is 184 Å². The minimum atomic E-state index is 0. The maximum Gasteiger partial charge on any atom is 0.191 e. The van der Waals surface area contributed by atoms with E-state index in [1.807, 2.05) is 19.2 Å². The Kier molecular flexibility index (Phi) is 10.7. The fourth-order valence-electron chi connectivity index (χ4n) is 2.76. The van der Waals surface area contributed by atoms with Crippen molar-refractivity contribution in [1.82, 2.24) is 15.5 Å². The van der Waals surface area contributed by atoms with E-state index in [0.29, 0.717) is 5.92 Å². The normalized spacial score (nSPS) is 13.6. The monoisotopic (exact) mass is 502 g/mol. The first-order chi connectivity index (χ1) is 12.5. The quantitative estimate of drug-likeness (QED) is 0.326. The van der Waals surface area contributed by atoms with E-state index in [0.717, 1.165) is 24.8 Å². The van der Waals surface area contributed by atoms with Crippen molar-refractivity contribution in [3.05, 3.63) is 52.2 Å². The maximum absolute atomic E-state index is 5.25. The number of halogens is 1. The van der Waals surface area contributed by atoms with Crippen LogP contribution in [0.3, 0.4) is 0 Å². The van der Waals surface area contributed by atoms with Crippen LogP contribution in [-0.4, -0.2) is 52.2 Å². The number of benzene rings is 1. The number of ether oxygens (including phenoxy) is 1. The molecule has 7 heteroatoms. The lowest BCUT2D eigenvalue weighted by molar-refractivity contribution is 0.298. The van der Waals surface area contributed by atoms with E-state index in [1.54, 1.807) is 18.4 Å². The molecule has 0 fully saturated rings. The minimum absolute atomic E-state index is 0. The zero-order valence-electron chi connectivity index (χ0n) is 16.7. The Morgan fingerprint density at radius 3 is 2.33 bits per heavy atom. The Bertz CT molecular complexity index is 674. The third-order valence-corrected chi connectivity index (χ3v) is 5.52. The van der Waals surface area contributed by atoms with Gasteiger partial charge in [0.15, 0.2) is 5.96 Å². The summed E-state index contributed by atoms with van der Waals surface area (Å²) in [6.07, 6.45) is 0. The second-order valence-electron chi connectivity index (χ2n) is 6.50. The molecule has 0 amide bonds. The van der Waals surface area contributed by atoms with Crippen molar-refractivity contribution in [1.29, 1.82) is 0 Å². The molecule has 0 aliphatic rings. The molecule has 150 valence electrons. The molecule has 1 heterocycles. The van der Waals surface area contributed by atoms with E-state index < -0.39 is 0 Å². The molecule has 2 unspecified atom stereocenters. The second kappa shape index (κ2) is 12.2.